The summed E-state index contributed by atoms with van der Waals surface area (Å²) in [5.74, 6) is 0.0382. The van der Waals surface area contributed by atoms with Crippen LogP contribution >= 0.6 is 24.0 Å². The molecule has 2 atom stereocenters. The van der Waals surface area contributed by atoms with Crippen molar-refractivity contribution in [3.8, 4) is 0 Å². The van der Waals surface area contributed by atoms with Crippen molar-refractivity contribution >= 4 is 29.9 Å². The van der Waals surface area contributed by atoms with Gasteiger partial charge in [0.25, 0.3) is 5.91 Å². The molecule has 0 bridgehead atoms. The van der Waals surface area contributed by atoms with Crippen molar-refractivity contribution < 1.29 is 4.79 Å². The van der Waals surface area contributed by atoms with E-state index in [9.17, 15) is 4.79 Å². The van der Waals surface area contributed by atoms with Crippen molar-refractivity contribution in [1.82, 2.24) is 20.0 Å². The molecular weight excluding hydrogens is 347 g/mol. The van der Waals surface area contributed by atoms with Crippen LogP contribution < -0.4 is 5.32 Å². The lowest BCUT2D eigenvalue weighted by atomic mass is 10.1. The number of hydrogen-bond acceptors (Lipinski definition) is 3. The fourth-order valence-electron chi connectivity index (χ4n) is 2.87. The van der Waals surface area contributed by atoms with Crippen LogP contribution in [0.1, 0.15) is 29.8 Å². The third kappa shape index (κ3) is 3.91. The summed E-state index contributed by atoms with van der Waals surface area (Å²) in [6, 6.07) is 8.13. The van der Waals surface area contributed by atoms with E-state index in [1.54, 1.807) is 17.1 Å². The lowest BCUT2D eigenvalue weighted by Crippen LogP contribution is -2.57. The molecule has 0 radical (unpaired) electrons. The summed E-state index contributed by atoms with van der Waals surface area (Å²) < 4.78 is 1.75. The minimum atomic E-state index is 0. The average Bonchev–Trinajstić information content (AvgIpc) is 3.00. The number of nitrogens with zero attached hydrogens (tertiary/aromatic N) is 3. The van der Waals surface area contributed by atoms with Gasteiger partial charge in [-0.2, -0.15) is 5.10 Å². The van der Waals surface area contributed by atoms with E-state index in [1.165, 1.54) is 0 Å². The highest BCUT2D eigenvalue weighted by atomic mass is 35.5. The number of carbonyl (C=O) groups is 1. The number of nitrogens with one attached hydrogen (secondary N) is 1. The summed E-state index contributed by atoms with van der Waals surface area (Å²) in [5, 5.41) is 8.40. The lowest BCUT2D eigenvalue weighted by molar-refractivity contribution is 0.0603. The Balaban J connectivity index is 0.00000208. The van der Waals surface area contributed by atoms with Crippen LogP contribution in [0.4, 0.5) is 0 Å². The van der Waals surface area contributed by atoms with Gasteiger partial charge in [-0.15, -0.1) is 12.4 Å². The Morgan fingerprint density at radius 2 is 2.12 bits per heavy atom. The monoisotopic (exact) mass is 368 g/mol. The summed E-state index contributed by atoms with van der Waals surface area (Å²) in [6.07, 6.45) is 3.43. The molecule has 1 aromatic carbocycles. The van der Waals surface area contributed by atoms with Gasteiger partial charge in [0.15, 0.2) is 0 Å². The molecule has 5 nitrogen and oxygen atoms in total. The number of piperazine rings is 1. The van der Waals surface area contributed by atoms with Crippen molar-refractivity contribution in [3.05, 3.63) is 52.8 Å². The Bertz CT molecular complexity index is 703. The van der Waals surface area contributed by atoms with Crippen molar-refractivity contribution in [2.24, 2.45) is 0 Å². The van der Waals surface area contributed by atoms with E-state index in [1.807, 2.05) is 29.2 Å². The molecule has 1 aromatic heterocycles. The van der Waals surface area contributed by atoms with Gasteiger partial charge >= 0.3 is 0 Å². The van der Waals surface area contributed by atoms with E-state index in [2.05, 4.69) is 24.3 Å². The average molecular weight is 369 g/mol. The van der Waals surface area contributed by atoms with Crippen LogP contribution in [0.15, 0.2) is 36.7 Å². The predicted molar refractivity (Wildman–Crippen MR) is 98.0 cm³/mol. The maximum atomic E-state index is 12.7. The molecule has 1 aliphatic rings. The van der Waals surface area contributed by atoms with E-state index in [-0.39, 0.29) is 24.4 Å². The maximum Gasteiger partial charge on any atom is 0.257 e. The summed E-state index contributed by atoms with van der Waals surface area (Å²) in [6.45, 7) is 6.28. The quantitative estimate of drug-likeness (QED) is 0.905. The second kappa shape index (κ2) is 8.01. The zero-order chi connectivity index (χ0) is 16.4. The maximum absolute atomic E-state index is 12.7. The Morgan fingerprint density at radius 3 is 2.88 bits per heavy atom. The highest BCUT2D eigenvalue weighted by Gasteiger charge is 2.29. The van der Waals surface area contributed by atoms with Gasteiger partial charge in [-0.3, -0.25) is 9.48 Å². The summed E-state index contributed by atoms with van der Waals surface area (Å²) >= 11 is 6.18. The minimum absolute atomic E-state index is 0. The van der Waals surface area contributed by atoms with E-state index in [0.29, 0.717) is 23.2 Å². The summed E-state index contributed by atoms with van der Waals surface area (Å²) in [4.78, 5) is 14.6. The van der Waals surface area contributed by atoms with Gasteiger partial charge in [0.1, 0.15) is 0 Å². The van der Waals surface area contributed by atoms with Crippen molar-refractivity contribution in [2.45, 2.75) is 32.5 Å². The third-order valence-corrected chi connectivity index (χ3v) is 4.83. The fraction of sp³-hybridized carbons (Fsp3) is 0.412. The molecule has 0 saturated carbocycles. The van der Waals surface area contributed by atoms with Crippen LogP contribution in [0.2, 0.25) is 5.02 Å². The van der Waals surface area contributed by atoms with Crippen molar-refractivity contribution in [2.75, 3.05) is 13.1 Å². The Labute approximate surface area is 153 Å². The molecule has 1 fully saturated rings. The second-order valence-corrected chi connectivity index (χ2v) is 6.41. The molecule has 130 valence electrons. The zero-order valence-corrected chi connectivity index (χ0v) is 15.3. The molecule has 3 rings (SSSR count). The first kappa shape index (κ1) is 18.8. The van der Waals surface area contributed by atoms with Gasteiger partial charge in [-0.1, -0.05) is 29.8 Å². The highest BCUT2D eigenvalue weighted by molar-refractivity contribution is 6.31. The van der Waals surface area contributed by atoms with Gasteiger partial charge < -0.3 is 10.2 Å². The molecule has 7 heteroatoms. The van der Waals surface area contributed by atoms with Crippen LogP contribution in [0.5, 0.6) is 0 Å². The number of halogens is 2. The van der Waals surface area contributed by atoms with E-state index < -0.39 is 0 Å². The second-order valence-electron chi connectivity index (χ2n) is 6.00. The molecule has 1 aliphatic heterocycles. The molecule has 2 aromatic rings. The third-order valence-electron chi connectivity index (χ3n) is 4.47. The highest BCUT2D eigenvalue weighted by Crippen LogP contribution is 2.17. The molecule has 1 saturated heterocycles. The van der Waals surface area contributed by atoms with E-state index in [0.717, 1.165) is 18.7 Å². The number of hydrogen-bond donors (Lipinski definition) is 1. The van der Waals surface area contributed by atoms with Gasteiger partial charge in [0.2, 0.25) is 0 Å². The van der Waals surface area contributed by atoms with Gasteiger partial charge in [-0.25, -0.2) is 0 Å². The molecule has 1 N–H and O–H groups in total. The SMILES string of the molecule is CC1NCCN(C(=O)c2cnn(Cc3ccccc3Cl)c2)C1C.Cl. The zero-order valence-electron chi connectivity index (χ0n) is 13.8. The normalized spacial score (nSPS) is 20.5. The standard InChI is InChI=1S/C17H21ClN4O.ClH/c1-12-13(2)22(8-7-19-12)17(23)15-9-20-21(11-15)10-14-5-3-4-6-16(14)18;/h3-6,9,11-13,19H,7-8,10H2,1-2H3;1H. The first-order chi connectivity index (χ1) is 11.1. The smallest absolute Gasteiger partial charge is 0.257 e. The molecule has 0 aliphatic carbocycles. The number of rotatable bonds is 3. The number of amides is 1. The Hall–Kier alpha value is -1.56. The Kier molecular flexibility index (Phi) is 6.27. The summed E-state index contributed by atoms with van der Waals surface area (Å²) in [7, 11) is 0. The predicted octanol–water partition coefficient (Wildman–Crippen LogP) is 2.83. The minimum Gasteiger partial charge on any atom is -0.333 e. The lowest BCUT2D eigenvalue weighted by Gasteiger charge is -2.38. The van der Waals surface area contributed by atoms with Crippen LogP contribution in [-0.2, 0) is 6.54 Å². The molecule has 24 heavy (non-hydrogen) atoms. The molecule has 1 amide bonds. The number of benzene rings is 1. The Morgan fingerprint density at radius 1 is 1.38 bits per heavy atom. The van der Waals surface area contributed by atoms with Crippen molar-refractivity contribution in [1.29, 1.82) is 0 Å². The largest absolute Gasteiger partial charge is 0.333 e. The van der Waals surface area contributed by atoms with Gasteiger partial charge in [-0.05, 0) is 25.5 Å². The molecular formula is C17H22Cl2N4O. The van der Waals surface area contributed by atoms with Crippen LogP contribution in [0.3, 0.4) is 0 Å². The fourth-order valence-corrected chi connectivity index (χ4v) is 3.07. The van der Waals surface area contributed by atoms with Gasteiger partial charge in [0, 0.05) is 36.4 Å². The number of aromatic nitrogens is 2. The number of carbonyl (C=O) groups excluding carboxylic acids is 1. The topological polar surface area (TPSA) is 50.2 Å². The van der Waals surface area contributed by atoms with Crippen LogP contribution in [0.25, 0.3) is 0 Å². The van der Waals surface area contributed by atoms with E-state index in [4.69, 9.17) is 11.6 Å². The van der Waals surface area contributed by atoms with Gasteiger partial charge in [0.05, 0.1) is 18.3 Å². The first-order valence-electron chi connectivity index (χ1n) is 7.86. The van der Waals surface area contributed by atoms with E-state index >= 15 is 0 Å². The molecule has 2 unspecified atom stereocenters. The van der Waals surface area contributed by atoms with Crippen LogP contribution in [-0.4, -0.2) is 45.8 Å². The van der Waals surface area contributed by atoms with Crippen LogP contribution in [0, 0.1) is 0 Å². The summed E-state index contributed by atoms with van der Waals surface area (Å²) in [5.41, 5.74) is 1.61. The first-order valence-corrected chi connectivity index (χ1v) is 8.24. The molecule has 2 heterocycles. The van der Waals surface area contributed by atoms with Crippen molar-refractivity contribution in [3.63, 3.8) is 0 Å². The molecule has 0 spiro atoms.